The predicted molar refractivity (Wildman–Crippen MR) is 143 cm³/mol. The largest absolute Gasteiger partial charge is 0.465 e. The number of tetrazole rings is 1. The van der Waals surface area contributed by atoms with Gasteiger partial charge in [-0.1, -0.05) is 37.6 Å². The van der Waals surface area contributed by atoms with E-state index in [4.69, 9.17) is 4.74 Å². The van der Waals surface area contributed by atoms with Crippen LogP contribution >= 0.6 is 0 Å². The monoisotopic (exact) mass is 527 g/mol. The molecule has 0 amide bonds. The Morgan fingerprint density at radius 2 is 1.90 bits per heavy atom. The first-order valence-corrected chi connectivity index (χ1v) is 12.8. The van der Waals surface area contributed by atoms with Crippen molar-refractivity contribution in [1.29, 1.82) is 0 Å². The van der Waals surface area contributed by atoms with Gasteiger partial charge in [0, 0.05) is 36.4 Å². The highest BCUT2D eigenvalue weighted by molar-refractivity contribution is 5.92. The first kappa shape index (κ1) is 25.8. The summed E-state index contributed by atoms with van der Waals surface area (Å²) in [5.74, 6) is 0.386. The molecule has 0 aliphatic carbocycles. The van der Waals surface area contributed by atoms with E-state index in [0.717, 1.165) is 40.8 Å². The molecule has 0 bridgehead atoms. The minimum Gasteiger partial charge on any atom is -0.465 e. The van der Waals surface area contributed by atoms with Crippen molar-refractivity contribution in [2.24, 2.45) is 0 Å². The van der Waals surface area contributed by atoms with Gasteiger partial charge in [-0.3, -0.25) is 14.1 Å². The fourth-order valence-corrected chi connectivity index (χ4v) is 4.71. The summed E-state index contributed by atoms with van der Waals surface area (Å²) in [6.45, 7) is 4.77. The summed E-state index contributed by atoms with van der Waals surface area (Å²) in [6.07, 6.45) is 9.31. The van der Waals surface area contributed by atoms with E-state index in [1.807, 2.05) is 37.3 Å². The maximum Gasteiger partial charge on any atom is 0.343 e. The molecule has 39 heavy (non-hydrogen) atoms. The molecule has 0 aliphatic heterocycles. The zero-order valence-corrected chi connectivity index (χ0v) is 22.0. The quantitative estimate of drug-likeness (QED) is 0.273. The second-order valence-electron chi connectivity index (χ2n) is 8.98. The lowest BCUT2D eigenvalue weighted by molar-refractivity contribution is 0.0600. The van der Waals surface area contributed by atoms with Gasteiger partial charge in [-0.15, -0.1) is 5.10 Å². The van der Waals surface area contributed by atoms with Crippen molar-refractivity contribution < 1.29 is 9.53 Å². The SMILES string of the molecule is CCCCc1cn(-c2c(C(=O)OC)cnn2CC)c(=O)n1Cc1cnccc1-c1ccccc1-c1nnn[nH]1. The van der Waals surface area contributed by atoms with E-state index in [2.05, 4.69) is 37.6 Å². The highest BCUT2D eigenvalue weighted by Crippen LogP contribution is 2.32. The highest BCUT2D eigenvalue weighted by atomic mass is 16.5. The van der Waals surface area contributed by atoms with Crippen LogP contribution in [-0.2, 0) is 24.2 Å². The number of aromatic amines is 1. The van der Waals surface area contributed by atoms with Gasteiger partial charge in [-0.25, -0.2) is 19.4 Å². The lowest BCUT2D eigenvalue weighted by Gasteiger charge is -2.14. The Hall–Kier alpha value is -4.87. The van der Waals surface area contributed by atoms with Crippen molar-refractivity contribution >= 4 is 5.97 Å². The van der Waals surface area contributed by atoms with Gasteiger partial charge in [0.15, 0.2) is 11.6 Å². The van der Waals surface area contributed by atoms with Crippen LogP contribution in [0.5, 0.6) is 0 Å². The number of rotatable bonds is 10. The van der Waals surface area contributed by atoms with E-state index in [1.165, 1.54) is 17.9 Å². The summed E-state index contributed by atoms with van der Waals surface area (Å²) >= 11 is 0. The number of methoxy groups -OCH3 is 1. The summed E-state index contributed by atoms with van der Waals surface area (Å²) in [6, 6.07) is 9.73. The highest BCUT2D eigenvalue weighted by Gasteiger charge is 2.24. The molecule has 1 N–H and O–H groups in total. The Balaban J connectivity index is 1.64. The third-order valence-electron chi connectivity index (χ3n) is 6.64. The van der Waals surface area contributed by atoms with E-state index < -0.39 is 5.97 Å². The molecule has 0 saturated heterocycles. The summed E-state index contributed by atoms with van der Waals surface area (Å²) in [7, 11) is 1.31. The Morgan fingerprint density at radius 3 is 2.62 bits per heavy atom. The van der Waals surface area contributed by atoms with Crippen LogP contribution in [0.25, 0.3) is 28.3 Å². The molecule has 1 aromatic carbocycles. The van der Waals surface area contributed by atoms with E-state index in [-0.39, 0.29) is 17.8 Å². The first-order chi connectivity index (χ1) is 19.1. The van der Waals surface area contributed by atoms with Crippen molar-refractivity contribution in [3.63, 3.8) is 0 Å². The fraction of sp³-hybridized carbons (Fsp3) is 0.296. The first-order valence-electron chi connectivity index (χ1n) is 12.8. The molecule has 0 spiro atoms. The van der Waals surface area contributed by atoms with Gasteiger partial charge in [-0.2, -0.15) is 5.10 Å². The number of ether oxygens (including phenoxy) is 1. The fourth-order valence-electron chi connectivity index (χ4n) is 4.71. The molecule has 0 fully saturated rings. The minimum absolute atomic E-state index is 0.234. The number of nitrogens with zero attached hydrogens (tertiary/aromatic N) is 8. The van der Waals surface area contributed by atoms with Crippen molar-refractivity contribution in [3.05, 3.63) is 82.4 Å². The van der Waals surface area contributed by atoms with Crippen molar-refractivity contribution in [3.8, 4) is 28.3 Å². The van der Waals surface area contributed by atoms with Crippen molar-refractivity contribution in [2.45, 2.75) is 46.2 Å². The number of pyridine rings is 1. The smallest absolute Gasteiger partial charge is 0.343 e. The Bertz CT molecular complexity index is 1650. The van der Waals surface area contributed by atoms with Gasteiger partial charge in [0.05, 0.1) is 19.9 Å². The number of hydrogen-bond donors (Lipinski definition) is 1. The Morgan fingerprint density at radius 1 is 1.08 bits per heavy atom. The molecule has 12 heteroatoms. The third-order valence-corrected chi connectivity index (χ3v) is 6.64. The van der Waals surface area contributed by atoms with E-state index >= 15 is 0 Å². The maximum atomic E-state index is 14.0. The number of H-pyrrole nitrogens is 1. The average molecular weight is 528 g/mol. The molecule has 0 aliphatic rings. The van der Waals surface area contributed by atoms with Crippen molar-refractivity contribution in [1.82, 2.24) is 44.5 Å². The number of carbonyl (C=O) groups is 1. The van der Waals surface area contributed by atoms with Crippen molar-refractivity contribution in [2.75, 3.05) is 7.11 Å². The molecule has 4 aromatic heterocycles. The number of esters is 1. The molecule has 5 rings (SSSR count). The second-order valence-corrected chi connectivity index (χ2v) is 8.98. The molecule has 200 valence electrons. The molecule has 4 heterocycles. The number of aromatic nitrogens is 9. The van der Waals surface area contributed by atoms with Gasteiger partial charge >= 0.3 is 11.7 Å². The zero-order chi connectivity index (χ0) is 27.4. The van der Waals surface area contributed by atoms with Crippen LogP contribution in [0.3, 0.4) is 0 Å². The minimum atomic E-state index is -0.549. The van der Waals surface area contributed by atoms with Gasteiger partial charge < -0.3 is 4.74 Å². The average Bonchev–Trinajstić information content (AvgIpc) is 3.72. The van der Waals surface area contributed by atoms with Crippen LogP contribution in [0.2, 0.25) is 0 Å². The lowest BCUT2D eigenvalue weighted by Crippen LogP contribution is -2.27. The summed E-state index contributed by atoms with van der Waals surface area (Å²) < 4.78 is 9.82. The van der Waals surface area contributed by atoms with E-state index in [1.54, 1.807) is 27.8 Å². The third kappa shape index (κ3) is 4.88. The normalized spacial score (nSPS) is 11.2. The number of hydrogen-bond acceptors (Lipinski definition) is 8. The summed E-state index contributed by atoms with van der Waals surface area (Å²) in [5, 5.41) is 18.7. The predicted octanol–water partition coefficient (Wildman–Crippen LogP) is 3.28. The zero-order valence-electron chi connectivity index (χ0n) is 22.0. The van der Waals surface area contributed by atoms with Crippen LogP contribution in [0, 0.1) is 0 Å². The molecule has 5 aromatic rings. The molecule has 0 unspecified atom stereocenters. The Labute approximate surface area is 224 Å². The number of benzene rings is 1. The van der Waals surface area contributed by atoms with Gasteiger partial charge in [0.1, 0.15) is 5.56 Å². The standard InChI is InChI=1S/C27H29N9O3/c1-4-6-9-19-17-35(25-23(26(37)39-3)15-29-36(25)5-2)27(38)34(19)16-18-14-28-13-12-20(18)21-10-7-8-11-22(21)24-30-32-33-31-24/h7-8,10-15,17H,4-6,9,16H2,1-3H3,(H,30,31,32,33). The summed E-state index contributed by atoms with van der Waals surface area (Å²) in [5.41, 5.74) is 4.32. The van der Waals surface area contributed by atoms with Crippen LogP contribution in [-0.4, -0.2) is 57.6 Å². The maximum absolute atomic E-state index is 14.0. The van der Waals surface area contributed by atoms with E-state index in [0.29, 0.717) is 24.6 Å². The topological polar surface area (TPSA) is 138 Å². The number of aryl methyl sites for hydroxylation is 2. The molecular formula is C27H29N9O3. The molecule has 0 radical (unpaired) electrons. The summed E-state index contributed by atoms with van der Waals surface area (Å²) in [4.78, 5) is 30.8. The Kier molecular flexibility index (Phi) is 7.43. The van der Waals surface area contributed by atoms with Crippen LogP contribution < -0.4 is 5.69 Å². The molecule has 12 nitrogen and oxygen atoms in total. The van der Waals surface area contributed by atoms with Crippen LogP contribution in [0.4, 0.5) is 0 Å². The number of nitrogens with one attached hydrogen (secondary N) is 1. The molecule has 0 atom stereocenters. The van der Waals surface area contributed by atoms with Crippen LogP contribution in [0.1, 0.15) is 48.3 Å². The number of carbonyl (C=O) groups excluding carboxylic acids is 1. The lowest BCUT2D eigenvalue weighted by atomic mass is 9.96. The van der Waals surface area contributed by atoms with Gasteiger partial charge in [-0.05, 0) is 52.9 Å². The number of imidazole rings is 1. The van der Waals surface area contributed by atoms with Gasteiger partial charge in [0.25, 0.3) is 0 Å². The second kappa shape index (κ2) is 11.3. The molecular weight excluding hydrogens is 498 g/mol. The van der Waals surface area contributed by atoms with Gasteiger partial charge in [0.2, 0.25) is 0 Å². The van der Waals surface area contributed by atoms with Crippen LogP contribution in [0.15, 0.2) is 59.9 Å². The number of unbranched alkanes of at least 4 members (excludes halogenated alkanes) is 1. The molecule has 0 saturated carbocycles. The van der Waals surface area contributed by atoms with E-state index in [9.17, 15) is 9.59 Å².